The average molecular weight is 247 g/mol. The van der Waals surface area contributed by atoms with E-state index in [1.807, 2.05) is 6.07 Å². The van der Waals surface area contributed by atoms with Crippen LogP contribution in [0.2, 0.25) is 4.34 Å². The molecule has 2 nitrogen and oxygen atoms in total. The number of thiophene rings is 1. The van der Waals surface area contributed by atoms with E-state index in [-0.39, 0.29) is 0 Å². The van der Waals surface area contributed by atoms with Crippen LogP contribution in [0.1, 0.15) is 18.7 Å². The Hall–Kier alpha value is -0.0900. The van der Waals surface area contributed by atoms with Crippen molar-refractivity contribution in [1.82, 2.24) is 10.2 Å². The van der Waals surface area contributed by atoms with E-state index in [1.165, 1.54) is 4.88 Å². The summed E-state index contributed by atoms with van der Waals surface area (Å²) in [6.07, 6.45) is 0. The zero-order chi connectivity index (χ0) is 11.1. The van der Waals surface area contributed by atoms with Crippen LogP contribution in [0, 0.1) is 0 Å². The fraction of sp³-hybridized carbons (Fsp3) is 0.636. The molecule has 0 amide bonds. The van der Waals surface area contributed by atoms with E-state index in [0.717, 1.165) is 37.1 Å². The fourth-order valence-corrected chi connectivity index (χ4v) is 2.55. The average Bonchev–Trinajstić information content (AvgIpc) is 2.63. The number of halogens is 1. The summed E-state index contributed by atoms with van der Waals surface area (Å²) in [7, 11) is 0. The molecule has 0 radical (unpaired) electrons. The first-order valence-corrected chi connectivity index (χ1v) is 6.63. The first kappa shape index (κ1) is 13.0. The molecule has 0 aliphatic carbocycles. The Labute approximate surface area is 101 Å². The highest BCUT2D eigenvalue weighted by atomic mass is 35.5. The Balaban J connectivity index is 2.33. The predicted molar refractivity (Wildman–Crippen MR) is 68.8 cm³/mol. The van der Waals surface area contributed by atoms with Gasteiger partial charge in [-0.25, -0.2) is 0 Å². The third-order valence-corrected chi connectivity index (χ3v) is 3.53. The molecule has 1 aromatic heterocycles. The van der Waals surface area contributed by atoms with Gasteiger partial charge in [0.25, 0.3) is 0 Å². The lowest BCUT2D eigenvalue weighted by Crippen LogP contribution is -2.31. The van der Waals surface area contributed by atoms with E-state index in [0.29, 0.717) is 0 Å². The van der Waals surface area contributed by atoms with E-state index in [4.69, 9.17) is 11.6 Å². The van der Waals surface area contributed by atoms with E-state index in [1.54, 1.807) is 11.3 Å². The SMILES string of the molecule is CCNCCN(CC)Cc1ccc(Cl)s1. The zero-order valence-corrected chi connectivity index (χ0v) is 11.0. The van der Waals surface area contributed by atoms with Gasteiger partial charge in [0.2, 0.25) is 0 Å². The van der Waals surface area contributed by atoms with Crippen molar-refractivity contribution in [1.29, 1.82) is 0 Å². The summed E-state index contributed by atoms with van der Waals surface area (Å²) in [5.41, 5.74) is 0. The molecule has 15 heavy (non-hydrogen) atoms. The minimum absolute atomic E-state index is 0.882. The van der Waals surface area contributed by atoms with Crippen LogP contribution in [0.5, 0.6) is 0 Å². The summed E-state index contributed by atoms with van der Waals surface area (Å²) in [6.45, 7) is 9.63. The van der Waals surface area contributed by atoms with Gasteiger partial charge in [-0.15, -0.1) is 11.3 Å². The smallest absolute Gasteiger partial charge is 0.0931 e. The monoisotopic (exact) mass is 246 g/mol. The van der Waals surface area contributed by atoms with Crippen LogP contribution >= 0.6 is 22.9 Å². The van der Waals surface area contributed by atoms with Crippen molar-refractivity contribution in [2.75, 3.05) is 26.2 Å². The maximum absolute atomic E-state index is 5.90. The Morgan fingerprint density at radius 2 is 2.20 bits per heavy atom. The summed E-state index contributed by atoms with van der Waals surface area (Å²) in [6, 6.07) is 4.09. The Bertz CT molecular complexity index is 275. The second kappa shape index (κ2) is 7.23. The van der Waals surface area contributed by atoms with Gasteiger partial charge in [-0.05, 0) is 25.2 Å². The molecule has 0 saturated heterocycles. The van der Waals surface area contributed by atoms with E-state index < -0.39 is 0 Å². The van der Waals surface area contributed by atoms with Crippen LogP contribution < -0.4 is 5.32 Å². The van der Waals surface area contributed by atoms with Crippen LogP contribution in [-0.4, -0.2) is 31.1 Å². The molecule has 1 aromatic rings. The van der Waals surface area contributed by atoms with Gasteiger partial charge in [0.15, 0.2) is 0 Å². The van der Waals surface area contributed by atoms with Crippen molar-refractivity contribution in [3.05, 3.63) is 21.3 Å². The molecule has 0 bridgehead atoms. The highest BCUT2D eigenvalue weighted by Gasteiger charge is 2.05. The first-order valence-electron chi connectivity index (χ1n) is 5.43. The number of nitrogens with one attached hydrogen (secondary N) is 1. The van der Waals surface area contributed by atoms with Crippen LogP contribution in [0.3, 0.4) is 0 Å². The van der Waals surface area contributed by atoms with Crippen LogP contribution in [0.15, 0.2) is 12.1 Å². The van der Waals surface area contributed by atoms with E-state index in [2.05, 4.69) is 30.1 Å². The lowest BCUT2D eigenvalue weighted by molar-refractivity contribution is 0.282. The predicted octanol–water partition coefficient (Wildman–Crippen LogP) is 2.83. The standard InChI is InChI=1S/C11H19ClN2S/c1-3-13-7-8-14(4-2)9-10-5-6-11(12)15-10/h5-6,13H,3-4,7-9H2,1-2H3. The van der Waals surface area contributed by atoms with Crippen molar-refractivity contribution in [3.63, 3.8) is 0 Å². The van der Waals surface area contributed by atoms with Gasteiger partial charge in [0, 0.05) is 24.5 Å². The molecular weight excluding hydrogens is 228 g/mol. The number of likely N-dealkylation sites (N-methyl/N-ethyl adjacent to an activating group) is 2. The Kier molecular flexibility index (Phi) is 6.25. The molecule has 1 N–H and O–H groups in total. The Morgan fingerprint density at radius 1 is 1.40 bits per heavy atom. The minimum atomic E-state index is 0.882. The molecule has 0 unspecified atom stereocenters. The van der Waals surface area contributed by atoms with Gasteiger partial charge in [0.05, 0.1) is 4.34 Å². The molecular formula is C11H19ClN2S. The second-order valence-corrected chi connectivity index (χ2v) is 5.23. The Morgan fingerprint density at radius 3 is 2.73 bits per heavy atom. The summed E-state index contributed by atoms with van der Waals surface area (Å²) < 4.78 is 0.882. The largest absolute Gasteiger partial charge is 0.316 e. The van der Waals surface area contributed by atoms with E-state index in [9.17, 15) is 0 Å². The highest BCUT2D eigenvalue weighted by Crippen LogP contribution is 2.22. The molecule has 1 rings (SSSR count). The number of hydrogen-bond donors (Lipinski definition) is 1. The number of hydrogen-bond acceptors (Lipinski definition) is 3. The lowest BCUT2D eigenvalue weighted by Gasteiger charge is -2.19. The van der Waals surface area contributed by atoms with E-state index >= 15 is 0 Å². The van der Waals surface area contributed by atoms with Gasteiger partial charge in [-0.1, -0.05) is 25.4 Å². The van der Waals surface area contributed by atoms with Crippen LogP contribution in [0.4, 0.5) is 0 Å². The normalized spacial score (nSPS) is 11.2. The summed E-state index contributed by atoms with van der Waals surface area (Å²) >= 11 is 7.58. The van der Waals surface area contributed by atoms with Crippen molar-refractivity contribution in [3.8, 4) is 0 Å². The van der Waals surface area contributed by atoms with Crippen molar-refractivity contribution in [2.45, 2.75) is 20.4 Å². The van der Waals surface area contributed by atoms with Gasteiger partial charge < -0.3 is 5.32 Å². The van der Waals surface area contributed by atoms with Crippen molar-refractivity contribution >= 4 is 22.9 Å². The molecule has 4 heteroatoms. The molecule has 0 aliphatic heterocycles. The summed E-state index contributed by atoms with van der Waals surface area (Å²) in [4.78, 5) is 3.77. The minimum Gasteiger partial charge on any atom is -0.316 e. The fourth-order valence-electron chi connectivity index (χ4n) is 1.42. The highest BCUT2D eigenvalue weighted by molar-refractivity contribution is 7.16. The first-order chi connectivity index (χ1) is 7.26. The second-order valence-electron chi connectivity index (χ2n) is 3.43. The number of rotatable bonds is 7. The maximum Gasteiger partial charge on any atom is 0.0931 e. The van der Waals surface area contributed by atoms with Gasteiger partial charge in [-0.2, -0.15) is 0 Å². The van der Waals surface area contributed by atoms with Crippen LogP contribution in [0.25, 0.3) is 0 Å². The third-order valence-electron chi connectivity index (χ3n) is 2.31. The molecule has 86 valence electrons. The van der Waals surface area contributed by atoms with Gasteiger partial charge >= 0.3 is 0 Å². The topological polar surface area (TPSA) is 15.3 Å². The molecule has 0 saturated carbocycles. The lowest BCUT2D eigenvalue weighted by atomic mass is 10.4. The van der Waals surface area contributed by atoms with Crippen LogP contribution in [-0.2, 0) is 6.54 Å². The van der Waals surface area contributed by atoms with Crippen molar-refractivity contribution < 1.29 is 0 Å². The van der Waals surface area contributed by atoms with Gasteiger partial charge in [-0.3, -0.25) is 4.90 Å². The molecule has 0 aliphatic rings. The number of nitrogens with zero attached hydrogens (tertiary/aromatic N) is 1. The molecule has 1 heterocycles. The molecule has 0 aromatic carbocycles. The quantitative estimate of drug-likeness (QED) is 0.745. The van der Waals surface area contributed by atoms with Gasteiger partial charge in [0.1, 0.15) is 0 Å². The zero-order valence-electron chi connectivity index (χ0n) is 9.42. The third kappa shape index (κ3) is 4.98. The summed E-state index contributed by atoms with van der Waals surface area (Å²) in [5, 5.41) is 3.34. The maximum atomic E-state index is 5.90. The van der Waals surface area contributed by atoms with Crippen molar-refractivity contribution in [2.24, 2.45) is 0 Å². The molecule has 0 spiro atoms. The summed E-state index contributed by atoms with van der Waals surface area (Å²) in [5.74, 6) is 0. The molecule has 0 atom stereocenters. The molecule has 0 fully saturated rings.